The van der Waals surface area contributed by atoms with E-state index in [4.69, 9.17) is 15.7 Å². The van der Waals surface area contributed by atoms with E-state index in [2.05, 4.69) is 33.5 Å². The minimum absolute atomic E-state index is 0.0468. The number of aromatic nitrogens is 5. The van der Waals surface area contributed by atoms with Crippen LogP contribution in [0.3, 0.4) is 0 Å². The van der Waals surface area contributed by atoms with Crippen molar-refractivity contribution in [3.05, 3.63) is 95.1 Å². The Morgan fingerprint density at radius 1 is 1.03 bits per heavy atom. The molecule has 0 unspecified atom stereocenters. The molecule has 0 radical (unpaired) electrons. The summed E-state index contributed by atoms with van der Waals surface area (Å²) in [5, 5.41) is 3.19. The minimum Gasteiger partial charge on any atom is -0.383 e. The number of benzene rings is 1. The number of rotatable bonds is 4. The van der Waals surface area contributed by atoms with Gasteiger partial charge in [-0.15, -0.1) is 0 Å². The molecular weight excluding hydrogens is 450 g/mol. The fourth-order valence-electron chi connectivity index (χ4n) is 4.94. The Morgan fingerprint density at radius 3 is 2.69 bits per heavy atom. The van der Waals surface area contributed by atoms with Gasteiger partial charge in [0.1, 0.15) is 11.3 Å². The molecule has 0 fully saturated rings. The lowest BCUT2D eigenvalue weighted by Crippen LogP contribution is -2.27. The summed E-state index contributed by atoms with van der Waals surface area (Å²) in [7, 11) is 0. The summed E-state index contributed by atoms with van der Waals surface area (Å²) >= 11 is 0. The molecule has 8 nitrogen and oxygen atoms in total. The fourth-order valence-corrected chi connectivity index (χ4v) is 4.94. The smallest absolute Gasteiger partial charge is 0.253 e. The molecule has 36 heavy (non-hydrogen) atoms. The van der Waals surface area contributed by atoms with E-state index in [1.54, 1.807) is 24.5 Å². The van der Waals surface area contributed by atoms with Crippen molar-refractivity contribution < 1.29 is 4.79 Å². The van der Waals surface area contributed by atoms with Gasteiger partial charge in [0, 0.05) is 29.5 Å². The summed E-state index contributed by atoms with van der Waals surface area (Å²) in [6.45, 7) is 3.82. The highest BCUT2D eigenvalue weighted by Gasteiger charge is 2.26. The molecule has 0 bridgehead atoms. The highest BCUT2D eigenvalue weighted by molar-refractivity contribution is 5.95. The van der Waals surface area contributed by atoms with Crippen LogP contribution in [0, 0.1) is 13.8 Å². The molecule has 1 atom stereocenters. The van der Waals surface area contributed by atoms with E-state index in [1.165, 1.54) is 5.56 Å². The van der Waals surface area contributed by atoms with Crippen LogP contribution in [0.5, 0.6) is 0 Å². The Kier molecular flexibility index (Phi) is 5.21. The van der Waals surface area contributed by atoms with Gasteiger partial charge in [-0.3, -0.25) is 14.3 Å². The van der Waals surface area contributed by atoms with Gasteiger partial charge >= 0.3 is 0 Å². The number of nitrogens with zero attached hydrogens (tertiary/aromatic N) is 5. The van der Waals surface area contributed by atoms with Crippen LogP contribution in [-0.2, 0) is 6.42 Å². The van der Waals surface area contributed by atoms with Crippen LogP contribution in [-0.4, -0.2) is 30.4 Å². The predicted octanol–water partition coefficient (Wildman–Crippen LogP) is 4.49. The average Bonchev–Trinajstić information content (AvgIpc) is 3.45. The van der Waals surface area contributed by atoms with Crippen molar-refractivity contribution in [1.29, 1.82) is 0 Å². The fraction of sp³-hybridized carbons (Fsp3) is 0.179. The van der Waals surface area contributed by atoms with E-state index in [0.29, 0.717) is 17.2 Å². The highest BCUT2D eigenvalue weighted by atomic mass is 16.1. The number of aryl methyl sites for hydroxylation is 3. The molecule has 0 saturated heterocycles. The second kappa shape index (κ2) is 8.57. The van der Waals surface area contributed by atoms with Crippen molar-refractivity contribution in [2.75, 3.05) is 5.73 Å². The summed E-state index contributed by atoms with van der Waals surface area (Å²) in [5.41, 5.74) is 14.0. The number of pyridine rings is 3. The minimum atomic E-state index is -0.0999. The van der Waals surface area contributed by atoms with Gasteiger partial charge in [-0.2, -0.15) is 0 Å². The number of nitrogens with one attached hydrogen (secondary N) is 1. The van der Waals surface area contributed by atoms with Gasteiger partial charge in [0.15, 0.2) is 11.5 Å². The second-order valence-corrected chi connectivity index (χ2v) is 9.09. The van der Waals surface area contributed by atoms with Gasteiger partial charge in [0.2, 0.25) is 0 Å². The maximum absolute atomic E-state index is 12.9. The van der Waals surface area contributed by atoms with E-state index in [0.717, 1.165) is 52.2 Å². The molecule has 0 spiro atoms. The number of hydrogen-bond donors (Lipinski definition) is 2. The van der Waals surface area contributed by atoms with Crippen molar-refractivity contribution >= 4 is 22.9 Å². The SMILES string of the molecule is Cc1ccc2nc(-c3cccnc3N)n(-c3ccc4c(c3)CC[C@@H]4NC(=O)c3cccnc3C)c2n1. The van der Waals surface area contributed by atoms with Gasteiger partial charge in [0.05, 0.1) is 17.2 Å². The number of carbonyl (C=O) groups is 1. The van der Waals surface area contributed by atoms with E-state index < -0.39 is 0 Å². The quantitative estimate of drug-likeness (QED) is 0.396. The molecule has 1 aliphatic rings. The second-order valence-electron chi connectivity index (χ2n) is 9.09. The highest BCUT2D eigenvalue weighted by Crippen LogP contribution is 2.36. The van der Waals surface area contributed by atoms with Crippen LogP contribution in [0.4, 0.5) is 5.82 Å². The lowest BCUT2D eigenvalue weighted by molar-refractivity contribution is 0.0935. The standard InChI is InChI=1S/C28H25N7O/c1-16-7-11-24-27(32-16)35(26(33-24)22-6-4-14-31-25(22)29)19-9-10-21-18(15-19)8-12-23(21)34-28(36)20-5-3-13-30-17(20)2/h3-7,9-11,13-15,23H,8,12H2,1-2H3,(H2,29,31)(H,34,36)/t23-/m0/s1. The number of carbonyl (C=O) groups excluding carboxylic acids is 1. The molecule has 178 valence electrons. The molecule has 6 rings (SSSR count). The first-order valence-corrected chi connectivity index (χ1v) is 11.9. The monoisotopic (exact) mass is 475 g/mol. The third-order valence-corrected chi connectivity index (χ3v) is 6.74. The van der Waals surface area contributed by atoms with Crippen molar-refractivity contribution in [3.8, 4) is 17.1 Å². The number of fused-ring (bicyclic) bond motifs is 2. The molecule has 1 aliphatic carbocycles. The van der Waals surface area contributed by atoms with Crippen LogP contribution < -0.4 is 11.1 Å². The van der Waals surface area contributed by atoms with Crippen LogP contribution in [0.2, 0.25) is 0 Å². The molecule has 4 aromatic heterocycles. The van der Waals surface area contributed by atoms with E-state index >= 15 is 0 Å². The number of nitrogens with two attached hydrogens (primary N) is 1. The first-order valence-electron chi connectivity index (χ1n) is 11.9. The van der Waals surface area contributed by atoms with Gasteiger partial charge in [0.25, 0.3) is 5.91 Å². The van der Waals surface area contributed by atoms with Crippen molar-refractivity contribution in [1.82, 2.24) is 29.8 Å². The topological polar surface area (TPSA) is 112 Å². The van der Waals surface area contributed by atoms with E-state index in [-0.39, 0.29) is 11.9 Å². The van der Waals surface area contributed by atoms with Crippen LogP contribution >= 0.6 is 0 Å². The van der Waals surface area contributed by atoms with Gasteiger partial charge < -0.3 is 11.1 Å². The summed E-state index contributed by atoms with van der Waals surface area (Å²) in [6, 6.07) is 17.6. The Hall–Kier alpha value is -4.59. The van der Waals surface area contributed by atoms with Crippen molar-refractivity contribution in [3.63, 3.8) is 0 Å². The summed E-state index contributed by atoms with van der Waals surface area (Å²) in [5.74, 6) is 1.01. The van der Waals surface area contributed by atoms with Gasteiger partial charge in [-0.05, 0) is 86.3 Å². The predicted molar refractivity (Wildman–Crippen MR) is 139 cm³/mol. The maximum atomic E-state index is 12.9. The Bertz CT molecular complexity index is 1640. The third-order valence-electron chi connectivity index (χ3n) is 6.74. The number of hydrogen-bond acceptors (Lipinski definition) is 6. The number of anilines is 1. The largest absolute Gasteiger partial charge is 0.383 e. The average molecular weight is 476 g/mol. The lowest BCUT2D eigenvalue weighted by Gasteiger charge is -2.16. The summed E-state index contributed by atoms with van der Waals surface area (Å²) < 4.78 is 2.04. The molecule has 4 heterocycles. The molecule has 1 aromatic carbocycles. The van der Waals surface area contributed by atoms with Crippen LogP contribution in [0.25, 0.3) is 28.2 Å². The molecule has 8 heteroatoms. The first-order chi connectivity index (χ1) is 17.5. The Labute approximate surface area is 208 Å². The molecule has 5 aromatic rings. The third kappa shape index (κ3) is 3.67. The number of nitrogen functional groups attached to an aromatic ring is 1. The molecular formula is C28H25N7O. The van der Waals surface area contributed by atoms with Crippen LogP contribution in [0.1, 0.15) is 45.3 Å². The maximum Gasteiger partial charge on any atom is 0.253 e. The summed E-state index contributed by atoms with van der Waals surface area (Å²) in [4.78, 5) is 31.1. The van der Waals surface area contributed by atoms with E-state index in [9.17, 15) is 4.79 Å². The van der Waals surface area contributed by atoms with Gasteiger partial charge in [-0.1, -0.05) is 6.07 Å². The zero-order valence-electron chi connectivity index (χ0n) is 20.1. The molecule has 0 aliphatic heterocycles. The summed E-state index contributed by atoms with van der Waals surface area (Å²) in [6.07, 6.45) is 5.07. The van der Waals surface area contributed by atoms with Crippen molar-refractivity contribution in [2.45, 2.75) is 32.7 Å². The lowest BCUT2D eigenvalue weighted by atomic mass is 10.1. The van der Waals surface area contributed by atoms with Crippen molar-refractivity contribution in [2.24, 2.45) is 0 Å². The zero-order chi connectivity index (χ0) is 24.8. The molecule has 0 saturated carbocycles. The Morgan fingerprint density at radius 2 is 1.86 bits per heavy atom. The molecule has 3 N–H and O–H groups in total. The van der Waals surface area contributed by atoms with Crippen LogP contribution in [0.15, 0.2) is 67.0 Å². The van der Waals surface area contributed by atoms with Gasteiger partial charge in [-0.25, -0.2) is 15.0 Å². The normalized spacial score (nSPS) is 14.7. The molecule has 1 amide bonds. The number of imidazole rings is 1. The Balaban J connectivity index is 1.41. The van der Waals surface area contributed by atoms with E-state index in [1.807, 2.05) is 42.7 Å². The number of amides is 1. The zero-order valence-corrected chi connectivity index (χ0v) is 20.1. The first kappa shape index (κ1) is 21.9.